The molecular weight excluding hydrogens is 264 g/mol. The molecular formula is C17H20N2O2. The summed E-state index contributed by atoms with van der Waals surface area (Å²) in [6.45, 7) is 0.634. The highest BCUT2D eigenvalue weighted by atomic mass is 16.3. The first-order chi connectivity index (χ1) is 10.2. The van der Waals surface area contributed by atoms with E-state index in [1.165, 1.54) is 0 Å². The molecule has 2 aromatic carbocycles. The van der Waals surface area contributed by atoms with Crippen LogP contribution in [0.25, 0.3) is 0 Å². The number of rotatable bonds is 6. The summed E-state index contributed by atoms with van der Waals surface area (Å²) in [6, 6.07) is 18.2. The molecule has 4 nitrogen and oxygen atoms in total. The van der Waals surface area contributed by atoms with Gasteiger partial charge in [-0.05, 0) is 11.1 Å². The fourth-order valence-electron chi connectivity index (χ4n) is 2.19. The molecule has 0 saturated heterocycles. The second-order valence-electron chi connectivity index (χ2n) is 4.86. The number of benzene rings is 2. The van der Waals surface area contributed by atoms with E-state index in [0.717, 1.165) is 11.1 Å². The highest BCUT2D eigenvalue weighted by molar-refractivity contribution is 5.83. The zero-order valence-electron chi connectivity index (χ0n) is 11.9. The SMILES string of the molecule is N[C@H](C(=O)N(CCO)Cc1ccccc1)c1ccccc1. The van der Waals surface area contributed by atoms with Crippen molar-refractivity contribution in [3.63, 3.8) is 0 Å². The fourth-order valence-corrected chi connectivity index (χ4v) is 2.19. The molecule has 4 heteroatoms. The molecule has 1 atom stereocenters. The number of carbonyl (C=O) groups excluding carboxylic acids is 1. The smallest absolute Gasteiger partial charge is 0.244 e. The van der Waals surface area contributed by atoms with Gasteiger partial charge in [-0.25, -0.2) is 0 Å². The molecule has 0 heterocycles. The van der Waals surface area contributed by atoms with Gasteiger partial charge in [0.25, 0.3) is 0 Å². The highest BCUT2D eigenvalue weighted by Crippen LogP contribution is 2.15. The third-order valence-electron chi connectivity index (χ3n) is 3.32. The second kappa shape index (κ2) is 7.57. The minimum atomic E-state index is -0.707. The van der Waals surface area contributed by atoms with Crippen LogP contribution in [0.4, 0.5) is 0 Å². The molecule has 2 aromatic rings. The van der Waals surface area contributed by atoms with Gasteiger partial charge in [-0.1, -0.05) is 60.7 Å². The summed E-state index contributed by atoms with van der Waals surface area (Å²) in [5, 5.41) is 9.18. The predicted molar refractivity (Wildman–Crippen MR) is 82.3 cm³/mol. The summed E-state index contributed by atoms with van der Waals surface area (Å²) in [7, 11) is 0. The number of nitrogens with zero attached hydrogens (tertiary/aromatic N) is 1. The summed E-state index contributed by atoms with van der Waals surface area (Å²) in [5.41, 5.74) is 7.84. The van der Waals surface area contributed by atoms with E-state index < -0.39 is 6.04 Å². The molecule has 21 heavy (non-hydrogen) atoms. The summed E-state index contributed by atoms with van der Waals surface area (Å²) in [4.78, 5) is 14.1. The van der Waals surface area contributed by atoms with Crippen molar-refractivity contribution in [1.82, 2.24) is 4.90 Å². The van der Waals surface area contributed by atoms with Crippen molar-refractivity contribution in [1.29, 1.82) is 0 Å². The Hall–Kier alpha value is -2.17. The van der Waals surface area contributed by atoms with Crippen molar-refractivity contribution in [2.75, 3.05) is 13.2 Å². The average Bonchev–Trinajstić information content (AvgIpc) is 2.55. The Morgan fingerprint density at radius 3 is 2.19 bits per heavy atom. The maximum absolute atomic E-state index is 12.5. The summed E-state index contributed by atoms with van der Waals surface area (Å²) in [6.07, 6.45) is 0. The quantitative estimate of drug-likeness (QED) is 0.848. The van der Waals surface area contributed by atoms with E-state index in [1.807, 2.05) is 60.7 Å². The van der Waals surface area contributed by atoms with Crippen molar-refractivity contribution in [3.05, 3.63) is 71.8 Å². The largest absolute Gasteiger partial charge is 0.395 e. The minimum Gasteiger partial charge on any atom is -0.395 e. The van der Waals surface area contributed by atoms with Gasteiger partial charge >= 0.3 is 0 Å². The second-order valence-corrected chi connectivity index (χ2v) is 4.86. The molecule has 2 rings (SSSR count). The molecule has 0 saturated carbocycles. The standard InChI is InChI=1S/C17H20N2O2/c18-16(15-9-5-2-6-10-15)17(21)19(11-12-20)13-14-7-3-1-4-8-14/h1-10,16,20H,11-13,18H2/t16-/m0/s1. The third kappa shape index (κ3) is 4.15. The van der Waals surface area contributed by atoms with E-state index in [2.05, 4.69) is 0 Å². The fraction of sp³-hybridized carbons (Fsp3) is 0.235. The number of hydrogen-bond donors (Lipinski definition) is 2. The highest BCUT2D eigenvalue weighted by Gasteiger charge is 2.22. The van der Waals surface area contributed by atoms with Crippen molar-refractivity contribution < 1.29 is 9.90 Å². The predicted octanol–water partition coefficient (Wildman–Crippen LogP) is 1.71. The van der Waals surface area contributed by atoms with Gasteiger partial charge in [0.2, 0.25) is 5.91 Å². The molecule has 0 unspecified atom stereocenters. The molecule has 0 aliphatic carbocycles. The van der Waals surface area contributed by atoms with Crippen molar-refractivity contribution >= 4 is 5.91 Å². The lowest BCUT2D eigenvalue weighted by atomic mass is 10.1. The third-order valence-corrected chi connectivity index (χ3v) is 3.32. The van der Waals surface area contributed by atoms with Gasteiger partial charge in [0.05, 0.1) is 6.61 Å². The first-order valence-corrected chi connectivity index (χ1v) is 6.96. The van der Waals surface area contributed by atoms with Crippen LogP contribution in [-0.2, 0) is 11.3 Å². The lowest BCUT2D eigenvalue weighted by molar-refractivity contribution is -0.133. The van der Waals surface area contributed by atoms with Gasteiger partial charge in [-0.3, -0.25) is 4.79 Å². The van der Waals surface area contributed by atoms with Crippen molar-refractivity contribution in [2.45, 2.75) is 12.6 Å². The molecule has 0 bridgehead atoms. The number of carbonyl (C=O) groups is 1. The number of amides is 1. The Balaban J connectivity index is 2.12. The van der Waals surface area contributed by atoms with Crippen LogP contribution in [0, 0.1) is 0 Å². The number of nitrogens with two attached hydrogens (primary N) is 1. The lowest BCUT2D eigenvalue weighted by Gasteiger charge is -2.25. The van der Waals surface area contributed by atoms with Gasteiger partial charge in [-0.15, -0.1) is 0 Å². The molecule has 0 radical (unpaired) electrons. The normalized spacial score (nSPS) is 11.9. The van der Waals surface area contributed by atoms with E-state index in [9.17, 15) is 9.90 Å². The van der Waals surface area contributed by atoms with E-state index in [1.54, 1.807) is 4.90 Å². The van der Waals surface area contributed by atoms with Crippen LogP contribution in [-0.4, -0.2) is 29.1 Å². The van der Waals surface area contributed by atoms with Gasteiger partial charge in [-0.2, -0.15) is 0 Å². The maximum Gasteiger partial charge on any atom is 0.244 e. The molecule has 110 valence electrons. The van der Waals surface area contributed by atoms with Crippen molar-refractivity contribution in [2.24, 2.45) is 5.73 Å². The Kier molecular flexibility index (Phi) is 5.49. The van der Waals surface area contributed by atoms with Crippen LogP contribution in [0.1, 0.15) is 17.2 Å². The van der Waals surface area contributed by atoms with E-state index in [0.29, 0.717) is 6.54 Å². The molecule has 0 fully saturated rings. The van der Waals surface area contributed by atoms with E-state index in [-0.39, 0.29) is 19.1 Å². The van der Waals surface area contributed by atoms with E-state index >= 15 is 0 Å². The van der Waals surface area contributed by atoms with Gasteiger partial charge in [0.15, 0.2) is 0 Å². The molecule has 0 aromatic heterocycles. The number of aliphatic hydroxyl groups is 1. The number of aliphatic hydroxyl groups excluding tert-OH is 1. The van der Waals surface area contributed by atoms with E-state index in [4.69, 9.17) is 5.73 Å². The molecule has 0 aliphatic rings. The van der Waals surface area contributed by atoms with Gasteiger partial charge < -0.3 is 15.7 Å². The monoisotopic (exact) mass is 284 g/mol. The summed E-state index contributed by atoms with van der Waals surface area (Å²) >= 11 is 0. The molecule has 3 N–H and O–H groups in total. The molecule has 1 amide bonds. The summed E-state index contributed by atoms with van der Waals surface area (Å²) < 4.78 is 0. The number of hydrogen-bond acceptors (Lipinski definition) is 3. The van der Waals surface area contributed by atoms with Crippen LogP contribution in [0.5, 0.6) is 0 Å². The molecule has 0 spiro atoms. The van der Waals surface area contributed by atoms with Crippen LogP contribution in [0.15, 0.2) is 60.7 Å². The zero-order chi connectivity index (χ0) is 15.1. The maximum atomic E-state index is 12.5. The Morgan fingerprint density at radius 1 is 1.05 bits per heavy atom. The Morgan fingerprint density at radius 2 is 1.62 bits per heavy atom. The first-order valence-electron chi connectivity index (χ1n) is 6.96. The van der Waals surface area contributed by atoms with Crippen LogP contribution in [0.3, 0.4) is 0 Å². The Bertz CT molecular complexity index is 558. The van der Waals surface area contributed by atoms with Crippen LogP contribution < -0.4 is 5.73 Å². The average molecular weight is 284 g/mol. The summed E-state index contributed by atoms with van der Waals surface area (Å²) in [5.74, 6) is -0.181. The topological polar surface area (TPSA) is 66.6 Å². The van der Waals surface area contributed by atoms with Crippen LogP contribution >= 0.6 is 0 Å². The van der Waals surface area contributed by atoms with Crippen LogP contribution in [0.2, 0.25) is 0 Å². The molecule has 0 aliphatic heterocycles. The first kappa shape index (κ1) is 15.2. The minimum absolute atomic E-state index is 0.0833. The lowest BCUT2D eigenvalue weighted by Crippen LogP contribution is -2.39. The van der Waals surface area contributed by atoms with Gasteiger partial charge in [0.1, 0.15) is 6.04 Å². The zero-order valence-corrected chi connectivity index (χ0v) is 11.9. The van der Waals surface area contributed by atoms with Gasteiger partial charge in [0, 0.05) is 13.1 Å². The van der Waals surface area contributed by atoms with Crippen molar-refractivity contribution in [3.8, 4) is 0 Å². The Labute approximate surface area is 124 Å².